The van der Waals surface area contributed by atoms with Crippen LogP contribution in [0.2, 0.25) is 5.02 Å². The zero-order chi connectivity index (χ0) is 16.9. The Labute approximate surface area is 148 Å². The van der Waals surface area contributed by atoms with Gasteiger partial charge in [-0.3, -0.25) is 9.59 Å². The summed E-state index contributed by atoms with van der Waals surface area (Å²) in [5, 5.41) is 1.18. The van der Waals surface area contributed by atoms with Crippen LogP contribution in [0.5, 0.6) is 0 Å². The van der Waals surface area contributed by atoms with Crippen molar-refractivity contribution >= 4 is 35.0 Å². The summed E-state index contributed by atoms with van der Waals surface area (Å²) in [6.45, 7) is 2.89. The van der Waals surface area contributed by atoms with Crippen molar-refractivity contribution in [1.82, 2.24) is 14.9 Å². The zero-order valence-electron chi connectivity index (χ0n) is 12.9. The predicted molar refractivity (Wildman–Crippen MR) is 95.8 cm³/mol. The normalized spacial score (nSPS) is 14.7. The summed E-state index contributed by atoms with van der Waals surface area (Å²) < 4.78 is 0. The first kappa shape index (κ1) is 16.9. The summed E-state index contributed by atoms with van der Waals surface area (Å²) >= 11 is 7.28. The first-order chi connectivity index (χ1) is 11.6. The van der Waals surface area contributed by atoms with Gasteiger partial charge in [-0.2, -0.15) is 0 Å². The molecule has 1 aliphatic rings. The summed E-state index contributed by atoms with van der Waals surface area (Å²) in [4.78, 5) is 34.2. The molecule has 1 aliphatic heterocycles. The van der Waals surface area contributed by atoms with Crippen molar-refractivity contribution in [3.63, 3.8) is 0 Å². The third-order valence-electron chi connectivity index (χ3n) is 3.79. The van der Waals surface area contributed by atoms with Crippen LogP contribution in [-0.4, -0.2) is 52.7 Å². The van der Waals surface area contributed by atoms with Gasteiger partial charge in [0.25, 0.3) is 5.56 Å². The van der Waals surface area contributed by atoms with Gasteiger partial charge in [-0.15, -0.1) is 0 Å². The van der Waals surface area contributed by atoms with Crippen LogP contribution in [0.4, 0.5) is 5.69 Å². The van der Waals surface area contributed by atoms with Gasteiger partial charge < -0.3 is 14.8 Å². The maximum atomic E-state index is 12.3. The maximum Gasteiger partial charge on any atom is 0.251 e. The van der Waals surface area contributed by atoms with Crippen LogP contribution in [-0.2, 0) is 4.79 Å². The fourth-order valence-corrected chi connectivity index (χ4v) is 3.47. The molecule has 2 aromatic rings. The number of carbonyl (C=O) groups excluding carboxylic acids is 1. The molecule has 0 spiro atoms. The fourth-order valence-electron chi connectivity index (χ4n) is 2.53. The minimum absolute atomic E-state index is 0.0530. The molecule has 0 radical (unpaired) electrons. The van der Waals surface area contributed by atoms with Gasteiger partial charge in [0.1, 0.15) is 0 Å². The van der Waals surface area contributed by atoms with Crippen LogP contribution in [0.25, 0.3) is 0 Å². The number of rotatable bonds is 4. The molecule has 0 bridgehead atoms. The molecule has 126 valence electrons. The quantitative estimate of drug-likeness (QED) is 0.662. The molecule has 6 nitrogen and oxygen atoms in total. The number of carbonyl (C=O) groups is 1. The van der Waals surface area contributed by atoms with E-state index in [1.807, 2.05) is 29.2 Å². The number of aromatic nitrogens is 2. The van der Waals surface area contributed by atoms with Crippen molar-refractivity contribution in [2.24, 2.45) is 0 Å². The number of benzene rings is 1. The lowest BCUT2D eigenvalue weighted by molar-refractivity contribution is -0.128. The van der Waals surface area contributed by atoms with E-state index in [0.717, 1.165) is 18.8 Å². The molecule has 1 aromatic heterocycles. The molecule has 0 unspecified atom stereocenters. The van der Waals surface area contributed by atoms with Gasteiger partial charge in [-0.1, -0.05) is 29.4 Å². The van der Waals surface area contributed by atoms with Gasteiger partial charge in [0, 0.05) is 49.2 Å². The summed E-state index contributed by atoms with van der Waals surface area (Å²) in [5.74, 6) is 0.321. The number of nitrogens with zero attached hydrogens (tertiary/aromatic N) is 3. The third-order valence-corrected chi connectivity index (χ3v) is 4.89. The van der Waals surface area contributed by atoms with E-state index in [4.69, 9.17) is 11.6 Å². The van der Waals surface area contributed by atoms with Crippen molar-refractivity contribution in [2.45, 2.75) is 5.16 Å². The number of nitrogens with one attached hydrogen (secondary N) is 1. The second-order valence-corrected chi connectivity index (χ2v) is 6.78. The Balaban J connectivity index is 1.51. The summed E-state index contributed by atoms with van der Waals surface area (Å²) in [7, 11) is 0. The van der Waals surface area contributed by atoms with Gasteiger partial charge in [-0.05, 0) is 18.2 Å². The Morgan fingerprint density at radius 2 is 2.04 bits per heavy atom. The summed E-state index contributed by atoms with van der Waals surface area (Å²) in [5.41, 5.74) is 0.866. The molecule has 1 N–H and O–H groups in total. The Kier molecular flexibility index (Phi) is 5.42. The summed E-state index contributed by atoms with van der Waals surface area (Å²) in [6.07, 6.45) is 1.44. The second kappa shape index (κ2) is 7.72. The highest BCUT2D eigenvalue weighted by atomic mass is 35.5. The number of H-pyrrole nitrogens is 1. The van der Waals surface area contributed by atoms with E-state index in [9.17, 15) is 9.59 Å². The first-order valence-electron chi connectivity index (χ1n) is 7.58. The number of piperazine rings is 1. The van der Waals surface area contributed by atoms with Crippen LogP contribution < -0.4 is 10.5 Å². The molecular weight excluding hydrogens is 348 g/mol. The van der Waals surface area contributed by atoms with Crippen molar-refractivity contribution in [1.29, 1.82) is 0 Å². The van der Waals surface area contributed by atoms with Crippen LogP contribution in [0.3, 0.4) is 0 Å². The fraction of sp³-hybridized carbons (Fsp3) is 0.312. The average molecular weight is 365 g/mol. The molecule has 0 aliphatic carbocycles. The Morgan fingerprint density at radius 1 is 1.25 bits per heavy atom. The van der Waals surface area contributed by atoms with Crippen LogP contribution in [0, 0.1) is 0 Å². The lowest BCUT2D eigenvalue weighted by atomic mass is 10.2. The smallest absolute Gasteiger partial charge is 0.251 e. The lowest BCUT2D eigenvalue weighted by Gasteiger charge is -2.36. The van der Waals surface area contributed by atoms with Crippen molar-refractivity contribution in [3.8, 4) is 0 Å². The van der Waals surface area contributed by atoms with E-state index < -0.39 is 0 Å². The van der Waals surface area contributed by atoms with E-state index >= 15 is 0 Å². The predicted octanol–water partition coefficient (Wildman–Crippen LogP) is 1.86. The standard InChI is InChI=1S/C16H17ClN4O2S/c17-12-2-1-3-13(10-12)20-6-8-21(9-7-20)15(23)11-24-16-18-5-4-14(22)19-16/h1-5,10H,6-9,11H2,(H,18,19,22). The average Bonchev–Trinajstić information content (AvgIpc) is 2.60. The molecule has 8 heteroatoms. The number of halogens is 1. The van der Waals surface area contributed by atoms with Crippen molar-refractivity contribution in [3.05, 3.63) is 51.9 Å². The van der Waals surface area contributed by atoms with Gasteiger partial charge in [0.05, 0.1) is 5.75 Å². The highest BCUT2D eigenvalue weighted by Crippen LogP contribution is 2.21. The van der Waals surface area contributed by atoms with E-state index in [2.05, 4.69) is 14.9 Å². The van der Waals surface area contributed by atoms with E-state index in [1.54, 1.807) is 0 Å². The third kappa shape index (κ3) is 4.30. The SMILES string of the molecule is O=C(CSc1nccc(=O)[nH]1)N1CCN(c2cccc(Cl)c2)CC1. The highest BCUT2D eigenvalue weighted by molar-refractivity contribution is 7.99. The Hall–Kier alpha value is -1.99. The van der Waals surface area contributed by atoms with Gasteiger partial charge in [-0.25, -0.2) is 4.98 Å². The first-order valence-corrected chi connectivity index (χ1v) is 8.94. The summed E-state index contributed by atoms with van der Waals surface area (Å²) in [6, 6.07) is 9.09. The molecule has 1 saturated heterocycles. The van der Waals surface area contributed by atoms with Gasteiger partial charge >= 0.3 is 0 Å². The van der Waals surface area contributed by atoms with Crippen LogP contribution >= 0.6 is 23.4 Å². The van der Waals surface area contributed by atoms with Crippen molar-refractivity contribution in [2.75, 3.05) is 36.8 Å². The second-order valence-electron chi connectivity index (χ2n) is 5.38. The molecule has 24 heavy (non-hydrogen) atoms. The number of anilines is 1. The zero-order valence-corrected chi connectivity index (χ0v) is 14.5. The molecular formula is C16H17ClN4O2S. The molecule has 2 heterocycles. The van der Waals surface area contributed by atoms with E-state index in [-0.39, 0.29) is 17.2 Å². The number of hydrogen-bond acceptors (Lipinski definition) is 5. The van der Waals surface area contributed by atoms with Crippen molar-refractivity contribution < 1.29 is 4.79 Å². The van der Waals surface area contributed by atoms with Gasteiger partial charge in [0.2, 0.25) is 5.91 Å². The molecule has 1 fully saturated rings. The topological polar surface area (TPSA) is 69.3 Å². The molecule has 1 amide bonds. The number of hydrogen-bond donors (Lipinski definition) is 1. The minimum Gasteiger partial charge on any atom is -0.368 e. The van der Waals surface area contributed by atoms with Crippen LogP contribution in [0.1, 0.15) is 0 Å². The molecule has 1 aromatic carbocycles. The molecule has 3 rings (SSSR count). The minimum atomic E-state index is -0.213. The highest BCUT2D eigenvalue weighted by Gasteiger charge is 2.21. The Morgan fingerprint density at radius 3 is 2.75 bits per heavy atom. The maximum absolute atomic E-state index is 12.3. The van der Waals surface area contributed by atoms with E-state index in [0.29, 0.717) is 23.3 Å². The van der Waals surface area contributed by atoms with Crippen LogP contribution in [0.15, 0.2) is 46.5 Å². The monoisotopic (exact) mass is 364 g/mol. The molecule has 0 atom stereocenters. The largest absolute Gasteiger partial charge is 0.368 e. The number of aromatic amines is 1. The Bertz CT molecular complexity index is 774. The van der Waals surface area contributed by atoms with Gasteiger partial charge in [0.15, 0.2) is 5.16 Å². The molecule has 0 saturated carbocycles. The number of thioether (sulfide) groups is 1. The lowest BCUT2D eigenvalue weighted by Crippen LogP contribution is -2.49. The van der Waals surface area contributed by atoms with E-state index in [1.165, 1.54) is 24.0 Å². The number of amides is 1.